The Bertz CT molecular complexity index is 454. The van der Waals surface area contributed by atoms with E-state index in [1.54, 1.807) is 6.92 Å². The van der Waals surface area contributed by atoms with E-state index in [0.717, 1.165) is 37.3 Å². The monoisotopic (exact) mass is 263 g/mol. The number of anilines is 2. The Morgan fingerprint density at radius 1 is 1.42 bits per heavy atom. The third kappa shape index (κ3) is 3.33. The zero-order valence-electron chi connectivity index (χ0n) is 11.7. The van der Waals surface area contributed by atoms with Crippen molar-refractivity contribution in [3.05, 3.63) is 11.8 Å². The van der Waals surface area contributed by atoms with E-state index in [-0.39, 0.29) is 5.91 Å². The summed E-state index contributed by atoms with van der Waals surface area (Å²) < 4.78 is 0. The van der Waals surface area contributed by atoms with Gasteiger partial charge in [-0.2, -0.15) is 4.98 Å². The third-order valence-electron chi connectivity index (χ3n) is 3.37. The average molecular weight is 263 g/mol. The molecule has 0 bridgehead atoms. The van der Waals surface area contributed by atoms with Gasteiger partial charge in [-0.1, -0.05) is 0 Å². The fraction of sp³-hybridized carbons (Fsp3) is 0.615. The van der Waals surface area contributed by atoms with Crippen LogP contribution in [0.1, 0.15) is 25.3 Å². The standard InChI is InChI=1S/C13H21N5O/c1-9-8-15-13(14-3)17-12(9)18-6-4-11(5-7-18)16-10(2)19/h8,11H,4-7H2,1-3H3,(H,16,19)(H,14,15,17). The van der Waals surface area contributed by atoms with E-state index >= 15 is 0 Å². The van der Waals surface area contributed by atoms with Crippen molar-refractivity contribution in [2.75, 3.05) is 30.4 Å². The lowest BCUT2D eigenvalue weighted by atomic mass is 10.0. The molecule has 0 aliphatic carbocycles. The van der Waals surface area contributed by atoms with Gasteiger partial charge in [-0.05, 0) is 19.8 Å². The van der Waals surface area contributed by atoms with E-state index in [1.165, 1.54) is 0 Å². The predicted octanol–water partition coefficient (Wildman–Crippen LogP) is 0.932. The van der Waals surface area contributed by atoms with E-state index in [1.807, 2.05) is 20.2 Å². The molecular weight excluding hydrogens is 242 g/mol. The maximum atomic E-state index is 11.0. The minimum Gasteiger partial charge on any atom is -0.357 e. The molecule has 2 N–H and O–H groups in total. The van der Waals surface area contributed by atoms with Gasteiger partial charge in [-0.3, -0.25) is 4.79 Å². The molecule has 0 unspecified atom stereocenters. The van der Waals surface area contributed by atoms with Crippen LogP contribution in [-0.2, 0) is 4.79 Å². The Morgan fingerprint density at radius 2 is 2.11 bits per heavy atom. The van der Waals surface area contributed by atoms with Crippen LogP contribution in [-0.4, -0.2) is 42.1 Å². The fourth-order valence-electron chi connectivity index (χ4n) is 2.40. The molecule has 1 aliphatic heterocycles. The van der Waals surface area contributed by atoms with E-state index < -0.39 is 0 Å². The van der Waals surface area contributed by atoms with Crippen molar-refractivity contribution in [3.63, 3.8) is 0 Å². The SMILES string of the molecule is CNc1ncc(C)c(N2CCC(NC(C)=O)CC2)n1. The number of aryl methyl sites for hydroxylation is 1. The first-order valence-electron chi connectivity index (χ1n) is 6.63. The normalized spacial score (nSPS) is 16.3. The first kappa shape index (κ1) is 13.6. The Hall–Kier alpha value is -1.85. The fourth-order valence-corrected chi connectivity index (χ4v) is 2.40. The number of piperidine rings is 1. The number of hydrogen-bond donors (Lipinski definition) is 2. The van der Waals surface area contributed by atoms with Crippen LogP contribution in [0.25, 0.3) is 0 Å². The molecular formula is C13H21N5O. The number of hydrogen-bond acceptors (Lipinski definition) is 5. The number of rotatable bonds is 3. The van der Waals surface area contributed by atoms with E-state index in [9.17, 15) is 4.79 Å². The summed E-state index contributed by atoms with van der Waals surface area (Å²) in [5.41, 5.74) is 1.08. The zero-order chi connectivity index (χ0) is 13.8. The maximum Gasteiger partial charge on any atom is 0.224 e. The highest BCUT2D eigenvalue weighted by molar-refractivity contribution is 5.73. The topological polar surface area (TPSA) is 70.2 Å². The van der Waals surface area contributed by atoms with Gasteiger partial charge in [-0.25, -0.2) is 4.98 Å². The van der Waals surface area contributed by atoms with Crippen LogP contribution in [0.5, 0.6) is 0 Å². The lowest BCUT2D eigenvalue weighted by Gasteiger charge is -2.33. The van der Waals surface area contributed by atoms with Gasteiger partial charge in [0.2, 0.25) is 11.9 Å². The van der Waals surface area contributed by atoms with Gasteiger partial charge in [0.1, 0.15) is 5.82 Å². The highest BCUT2D eigenvalue weighted by atomic mass is 16.1. The van der Waals surface area contributed by atoms with E-state index in [2.05, 4.69) is 25.5 Å². The van der Waals surface area contributed by atoms with E-state index in [0.29, 0.717) is 12.0 Å². The Kier molecular flexibility index (Phi) is 4.19. The van der Waals surface area contributed by atoms with Crippen LogP contribution in [0, 0.1) is 6.92 Å². The summed E-state index contributed by atoms with van der Waals surface area (Å²) in [6, 6.07) is 0.291. The van der Waals surface area contributed by atoms with Gasteiger partial charge in [0.05, 0.1) is 0 Å². The first-order chi connectivity index (χ1) is 9.10. The predicted molar refractivity (Wildman–Crippen MR) is 75.4 cm³/mol. The van der Waals surface area contributed by atoms with Crippen molar-refractivity contribution in [1.29, 1.82) is 0 Å². The van der Waals surface area contributed by atoms with Gasteiger partial charge in [0, 0.05) is 44.9 Å². The molecule has 104 valence electrons. The van der Waals surface area contributed by atoms with Gasteiger partial charge in [-0.15, -0.1) is 0 Å². The molecule has 6 heteroatoms. The van der Waals surface area contributed by atoms with Crippen LogP contribution in [0.2, 0.25) is 0 Å². The second kappa shape index (κ2) is 5.86. The molecule has 1 fully saturated rings. The molecule has 0 atom stereocenters. The van der Waals surface area contributed by atoms with Gasteiger partial charge >= 0.3 is 0 Å². The van der Waals surface area contributed by atoms with Crippen LogP contribution in [0.15, 0.2) is 6.20 Å². The quantitative estimate of drug-likeness (QED) is 0.849. The Balaban J connectivity index is 2.03. The molecule has 2 rings (SSSR count). The van der Waals surface area contributed by atoms with Crippen molar-refractivity contribution in [3.8, 4) is 0 Å². The number of aromatic nitrogens is 2. The Labute approximate surface area is 113 Å². The minimum atomic E-state index is 0.0501. The van der Waals surface area contributed by atoms with Crippen LogP contribution in [0.4, 0.5) is 11.8 Å². The summed E-state index contributed by atoms with van der Waals surface area (Å²) in [5.74, 6) is 1.68. The number of nitrogens with zero attached hydrogens (tertiary/aromatic N) is 3. The second-order valence-corrected chi connectivity index (χ2v) is 4.91. The molecule has 1 aromatic heterocycles. The number of nitrogens with one attached hydrogen (secondary N) is 2. The molecule has 0 radical (unpaired) electrons. The number of carbonyl (C=O) groups excluding carboxylic acids is 1. The van der Waals surface area contributed by atoms with Crippen LogP contribution in [0.3, 0.4) is 0 Å². The highest BCUT2D eigenvalue weighted by Gasteiger charge is 2.22. The summed E-state index contributed by atoms with van der Waals surface area (Å²) >= 11 is 0. The zero-order valence-corrected chi connectivity index (χ0v) is 11.7. The highest BCUT2D eigenvalue weighted by Crippen LogP contribution is 2.22. The third-order valence-corrected chi connectivity index (χ3v) is 3.37. The van der Waals surface area contributed by atoms with Gasteiger partial charge < -0.3 is 15.5 Å². The number of carbonyl (C=O) groups is 1. The molecule has 1 saturated heterocycles. The molecule has 0 saturated carbocycles. The molecule has 19 heavy (non-hydrogen) atoms. The van der Waals surface area contributed by atoms with Crippen molar-refractivity contribution in [1.82, 2.24) is 15.3 Å². The summed E-state index contributed by atoms with van der Waals surface area (Å²) in [6.45, 7) is 5.41. The summed E-state index contributed by atoms with van der Waals surface area (Å²) in [7, 11) is 1.82. The molecule has 0 spiro atoms. The van der Waals surface area contributed by atoms with Crippen LogP contribution >= 0.6 is 0 Å². The summed E-state index contributed by atoms with van der Waals surface area (Å²) in [4.78, 5) is 22.0. The lowest BCUT2D eigenvalue weighted by Crippen LogP contribution is -2.44. The molecule has 2 heterocycles. The van der Waals surface area contributed by atoms with Crippen molar-refractivity contribution >= 4 is 17.7 Å². The van der Waals surface area contributed by atoms with Crippen molar-refractivity contribution in [2.45, 2.75) is 32.7 Å². The molecule has 1 aromatic rings. The van der Waals surface area contributed by atoms with Crippen molar-refractivity contribution in [2.24, 2.45) is 0 Å². The summed E-state index contributed by atoms with van der Waals surface area (Å²) in [6.07, 6.45) is 3.75. The van der Waals surface area contributed by atoms with Gasteiger partial charge in [0.15, 0.2) is 0 Å². The summed E-state index contributed by atoms with van der Waals surface area (Å²) in [5, 5.41) is 5.94. The van der Waals surface area contributed by atoms with Crippen LogP contribution < -0.4 is 15.5 Å². The average Bonchev–Trinajstić information content (AvgIpc) is 2.40. The second-order valence-electron chi connectivity index (χ2n) is 4.91. The largest absolute Gasteiger partial charge is 0.357 e. The minimum absolute atomic E-state index is 0.0501. The molecule has 1 amide bonds. The van der Waals surface area contributed by atoms with Crippen molar-refractivity contribution < 1.29 is 4.79 Å². The Morgan fingerprint density at radius 3 is 2.68 bits per heavy atom. The molecule has 0 aromatic carbocycles. The smallest absolute Gasteiger partial charge is 0.224 e. The van der Waals surface area contributed by atoms with E-state index in [4.69, 9.17) is 0 Å². The maximum absolute atomic E-state index is 11.0. The van der Waals surface area contributed by atoms with Gasteiger partial charge in [0.25, 0.3) is 0 Å². The lowest BCUT2D eigenvalue weighted by molar-refractivity contribution is -0.119. The number of amides is 1. The molecule has 6 nitrogen and oxygen atoms in total. The molecule has 1 aliphatic rings. The first-order valence-corrected chi connectivity index (χ1v) is 6.63.